The molecule has 0 bridgehead atoms. The number of halogens is 2. The molecule has 32 heavy (non-hydrogen) atoms. The van der Waals surface area contributed by atoms with Crippen LogP contribution in [0.5, 0.6) is 0 Å². The lowest BCUT2D eigenvalue weighted by Gasteiger charge is -2.21. The molecule has 166 valence electrons. The standard InChI is InChI=1S/C26H26BrClN2O2/c1-17-8-6-7-11-21(17)25(31)22-14-13-20(16-23(22)28)29-24(15-12-18(2)27)26(32)30-19-9-4-3-5-10-19/h3-11,13-14,16,18,24,29H,12,15H2,1-2H3,(H,30,32). The number of nitrogens with one attached hydrogen (secondary N) is 2. The van der Waals surface area contributed by atoms with E-state index in [-0.39, 0.29) is 16.5 Å². The van der Waals surface area contributed by atoms with Gasteiger partial charge in [-0.1, -0.05) is 76.9 Å². The Hall–Kier alpha value is -2.63. The average molecular weight is 514 g/mol. The van der Waals surface area contributed by atoms with E-state index in [1.54, 1.807) is 24.3 Å². The quantitative estimate of drug-likeness (QED) is 0.243. The molecule has 3 aromatic rings. The van der Waals surface area contributed by atoms with Gasteiger partial charge in [-0.05, 0) is 55.7 Å². The summed E-state index contributed by atoms with van der Waals surface area (Å²) in [5.41, 5.74) is 3.39. The van der Waals surface area contributed by atoms with Gasteiger partial charge < -0.3 is 10.6 Å². The van der Waals surface area contributed by atoms with Crippen molar-refractivity contribution in [2.45, 2.75) is 37.6 Å². The maximum atomic E-state index is 12.9. The summed E-state index contributed by atoms with van der Waals surface area (Å²) in [6.45, 7) is 3.95. The van der Waals surface area contributed by atoms with E-state index in [1.807, 2.05) is 55.5 Å². The number of hydrogen-bond acceptors (Lipinski definition) is 3. The van der Waals surface area contributed by atoms with Crippen LogP contribution in [0.2, 0.25) is 5.02 Å². The van der Waals surface area contributed by atoms with E-state index < -0.39 is 6.04 Å². The van der Waals surface area contributed by atoms with E-state index in [1.165, 1.54) is 0 Å². The minimum atomic E-state index is -0.454. The Bertz CT molecular complexity index is 1090. The second-order valence-electron chi connectivity index (χ2n) is 7.75. The van der Waals surface area contributed by atoms with E-state index in [2.05, 4.69) is 33.5 Å². The second-order valence-corrected chi connectivity index (χ2v) is 9.72. The predicted octanol–water partition coefficient (Wildman–Crippen LogP) is 6.86. The highest BCUT2D eigenvalue weighted by Gasteiger charge is 2.21. The third-order valence-corrected chi connectivity index (χ3v) is 5.93. The van der Waals surface area contributed by atoms with Crippen LogP contribution in [0.4, 0.5) is 11.4 Å². The first-order valence-electron chi connectivity index (χ1n) is 10.5. The number of anilines is 2. The van der Waals surface area contributed by atoms with Crippen LogP contribution in [-0.2, 0) is 4.79 Å². The first-order valence-corrected chi connectivity index (χ1v) is 11.8. The molecular formula is C26H26BrClN2O2. The highest BCUT2D eigenvalue weighted by Crippen LogP contribution is 2.26. The molecule has 0 heterocycles. The number of alkyl halides is 1. The fourth-order valence-electron chi connectivity index (χ4n) is 3.38. The third kappa shape index (κ3) is 6.44. The van der Waals surface area contributed by atoms with Gasteiger partial charge in [0.25, 0.3) is 0 Å². The summed E-state index contributed by atoms with van der Waals surface area (Å²) in [4.78, 5) is 26.2. The maximum Gasteiger partial charge on any atom is 0.246 e. The highest BCUT2D eigenvalue weighted by atomic mass is 79.9. The molecule has 0 radical (unpaired) electrons. The van der Waals surface area contributed by atoms with Gasteiger partial charge in [-0.2, -0.15) is 0 Å². The fourth-order valence-corrected chi connectivity index (χ4v) is 3.91. The average Bonchev–Trinajstić information content (AvgIpc) is 2.77. The number of benzene rings is 3. The van der Waals surface area contributed by atoms with Gasteiger partial charge in [0.15, 0.2) is 5.78 Å². The summed E-state index contributed by atoms with van der Waals surface area (Å²) in [5, 5.41) is 6.58. The zero-order valence-corrected chi connectivity index (χ0v) is 20.4. The molecule has 0 aliphatic carbocycles. The molecule has 0 aromatic heterocycles. The van der Waals surface area contributed by atoms with Crippen LogP contribution in [0.1, 0.15) is 41.3 Å². The Balaban J connectivity index is 1.78. The zero-order valence-electron chi connectivity index (χ0n) is 18.1. The number of ketones is 1. The van der Waals surface area contributed by atoms with Crippen LogP contribution in [0.25, 0.3) is 0 Å². The first-order chi connectivity index (χ1) is 15.3. The lowest BCUT2D eigenvalue weighted by Crippen LogP contribution is -2.35. The van der Waals surface area contributed by atoms with Crippen LogP contribution in [0, 0.1) is 6.92 Å². The van der Waals surface area contributed by atoms with Crippen molar-refractivity contribution < 1.29 is 9.59 Å². The Labute approximate surface area is 202 Å². The summed E-state index contributed by atoms with van der Waals surface area (Å²) in [5.74, 6) is -0.244. The highest BCUT2D eigenvalue weighted by molar-refractivity contribution is 9.09. The lowest BCUT2D eigenvalue weighted by atomic mass is 9.99. The van der Waals surface area contributed by atoms with Crippen LogP contribution in [-0.4, -0.2) is 22.6 Å². The Kier molecular flexibility index (Phi) is 8.48. The zero-order chi connectivity index (χ0) is 23.1. The normalized spacial score (nSPS) is 12.6. The predicted molar refractivity (Wildman–Crippen MR) is 136 cm³/mol. The van der Waals surface area contributed by atoms with Crippen molar-refractivity contribution in [2.75, 3.05) is 10.6 Å². The molecular weight excluding hydrogens is 488 g/mol. The van der Waals surface area contributed by atoms with Gasteiger partial charge in [0.2, 0.25) is 5.91 Å². The van der Waals surface area contributed by atoms with Crippen LogP contribution < -0.4 is 10.6 Å². The monoisotopic (exact) mass is 512 g/mol. The summed E-state index contributed by atoms with van der Waals surface area (Å²) in [7, 11) is 0. The van der Waals surface area contributed by atoms with Gasteiger partial charge in [-0.3, -0.25) is 9.59 Å². The topological polar surface area (TPSA) is 58.2 Å². The Morgan fingerprint density at radius 3 is 2.25 bits per heavy atom. The van der Waals surface area contributed by atoms with E-state index in [9.17, 15) is 9.59 Å². The molecule has 0 saturated heterocycles. The fraction of sp³-hybridized carbons (Fsp3) is 0.231. The van der Waals surface area contributed by atoms with Gasteiger partial charge >= 0.3 is 0 Å². The van der Waals surface area contributed by atoms with E-state index in [0.29, 0.717) is 28.3 Å². The van der Waals surface area contributed by atoms with Crippen molar-refractivity contribution in [2.24, 2.45) is 0 Å². The van der Waals surface area contributed by atoms with Crippen LogP contribution in [0.3, 0.4) is 0 Å². The molecule has 0 aliphatic rings. The van der Waals surface area contributed by atoms with Crippen LogP contribution >= 0.6 is 27.5 Å². The largest absolute Gasteiger partial charge is 0.374 e. The molecule has 3 rings (SSSR count). The molecule has 3 aromatic carbocycles. The van der Waals surface area contributed by atoms with Gasteiger partial charge in [0.05, 0.1) is 5.02 Å². The Morgan fingerprint density at radius 1 is 0.906 bits per heavy atom. The van der Waals surface area contributed by atoms with Crippen molar-refractivity contribution >= 4 is 50.6 Å². The molecule has 2 unspecified atom stereocenters. The number of aryl methyl sites for hydroxylation is 1. The molecule has 0 spiro atoms. The molecule has 1 amide bonds. The number of rotatable bonds is 9. The van der Waals surface area contributed by atoms with Crippen LogP contribution in [0.15, 0.2) is 72.8 Å². The maximum absolute atomic E-state index is 12.9. The third-order valence-electron chi connectivity index (χ3n) is 5.16. The minimum absolute atomic E-state index is 0.119. The Morgan fingerprint density at radius 2 is 1.59 bits per heavy atom. The lowest BCUT2D eigenvalue weighted by molar-refractivity contribution is -0.117. The van der Waals surface area contributed by atoms with E-state index in [0.717, 1.165) is 17.7 Å². The van der Waals surface area contributed by atoms with Gasteiger partial charge in [-0.15, -0.1) is 0 Å². The summed E-state index contributed by atoms with van der Waals surface area (Å²) < 4.78 is 0. The van der Waals surface area contributed by atoms with Crippen molar-refractivity contribution in [1.82, 2.24) is 0 Å². The molecule has 6 heteroatoms. The number of amides is 1. The van der Waals surface area contributed by atoms with E-state index in [4.69, 9.17) is 11.6 Å². The van der Waals surface area contributed by atoms with E-state index >= 15 is 0 Å². The minimum Gasteiger partial charge on any atom is -0.374 e. The molecule has 0 fully saturated rings. The molecule has 4 nitrogen and oxygen atoms in total. The summed E-state index contributed by atoms with van der Waals surface area (Å²) in [6.07, 6.45) is 1.45. The number of hydrogen-bond donors (Lipinski definition) is 2. The second kappa shape index (κ2) is 11.3. The van der Waals surface area contributed by atoms with Gasteiger partial charge in [0, 0.05) is 27.3 Å². The van der Waals surface area contributed by atoms with Gasteiger partial charge in [0.1, 0.15) is 6.04 Å². The molecule has 2 atom stereocenters. The van der Waals surface area contributed by atoms with Crippen molar-refractivity contribution in [1.29, 1.82) is 0 Å². The SMILES string of the molecule is Cc1ccccc1C(=O)c1ccc(NC(CCC(C)Br)C(=O)Nc2ccccc2)cc1Cl. The van der Waals surface area contributed by atoms with Gasteiger partial charge in [-0.25, -0.2) is 0 Å². The van der Waals surface area contributed by atoms with Crippen molar-refractivity contribution in [3.63, 3.8) is 0 Å². The number of para-hydroxylation sites is 1. The van der Waals surface area contributed by atoms with Crippen molar-refractivity contribution in [3.8, 4) is 0 Å². The number of carbonyl (C=O) groups excluding carboxylic acids is 2. The summed E-state index contributed by atoms with van der Waals surface area (Å²) >= 11 is 10.0. The smallest absolute Gasteiger partial charge is 0.246 e. The number of carbonyl (C=O) groups is 2. The molecule has 2 N–H and O–H groups in total. The first kappa shape index (κ1) is 24.0. The molecule has 0 aliphatic heterocycles. The van der Waals surface area contributed by atoms with Crippen molar-refractivity contribution in [3.05, 3.63) is 94.5 Å². The molecule has 0 saturated carbocycles. The summed E-state index contributed by atoms with van der Waals surface area (Å²) in [6, 6.07) is 21.5.